The third-order valence-corrected chi connectivity index (χ3v) is 9.94. The van der Waals surface area contributed by atoms with Gasteiger partial charge in [-0.15, -0.1) is 0 Å². The van der Waals surface area contributed by atoms with Crippen molar-refractivity contribution in [1.82, 2.24) is 0 Å². The molecule has 0 radical (unpaired) electrons. The molecule has 45 heavy (non-hydrogen) atoms. The van der Waals surface area contributed by atoms with Crippen LogP contribution < -0.4 is 0 Å². The Morgan fingerprint density at radius 2 is 0.800 bits per heavy atom. The summed E-state index contributed by atoms with van der Waals surface area (Å²) in [6, 6.07) is 21.6. The van der Waals surface area contributed by atoms with Gasteiger partial charge in [0.05, 0.1) is 9.79 Å². The van der Waals surface area contributed by atoms with Crippen LogP contribution in [0.15, 0.2) is 82.6 Å². The number of hydrogen-bond donors (Lipinski definition) is 0. The van der Waals surface area contributed by atoms with E-state index < -0.39 is 20.2 Å². The summed E-state index contributed by atoms with van der Waals surface area (Å²) in [7, 11) is -8.85. The van der Waals surface area contributed by atoms with Crippen LogP contribution in [0.3, 0.4) is 0 Å². The first-order valence-corrected chi connectivity index (χ1v) is 18.8. The first-order valence-electron chi connectivity index (χ1n) is 16.0. The van der Waals surface area contributed by atoms with Crippen LogP contribution in [-0.4, -0.2) is 63.7 Å². The van der Waals surface area contributed by atoms with Gasteiger partial charge in [0.25, 0.3) is 0 Å². The Morgan fingerprint density at radius 3 is 1.16 bits per heavy atom. The van der Waals surface area contributed by atoms with E-state index >= 15 is 0 Å². The van der Waals surface area contributed by atoms with Crippen molar-refractivity contribution in [3.63, 3.8) is 0 Å². The number of benzene rings is 4. The summed E-state index contributed by atoms with van der Waals surface area (Å²) in [5.41, 5.74) is 1.37. The predicted molar refractivity (Wildman–Crippen MR) is 184 cm³/mol. The maximum absolute atomic E-state index is 11.5. The number of rotatable bonds is 16. The molecule has 0 bridgehead atoms. The van der Waals surface area contributed by atoms with Gasteiger partial charge in [-0.3, -0.25) is 0 Å². The van der Waals surface area contributed by atoms with Crippen LogP contribution in [0, 0.1) is 0 Å². The second-order valence-electron chi connectivity index (χ2n) is 11.5. The summed E-state index contributed by atoms with van der Waals surface area (Å²) in [5, 5.41) is 3.73. The standard InChI is InChI=1S/2C18H24O3S.Ca/c2*1-2-3-4-5-6-7-12-17-16-11-9-8-10-15(16)13-14-18(17)22(19,20)21;/h2*8-11,13-14H,2-7,12H2,1H3,(H,19,20,21);/q;;+2/p-2. The fourth-order valence-electron chi connectivity index (χ4n) is 5.78. The van der Waals surface area contributed by atoms with E-state index in [0.29, 0.717) is 24.0 Å². The molecule has 0 aromatic heterocycles. The first kappa shape index (κ1) is 39.7. The van der Waals surface area contributed by atoms with Gasteiger partial charge in [0.1, 0.15) is 20.2 Å². The molecule has 6 nitrogen and oxygen atoms in total. The molecule has 240 valence electrons. The Hall–Kier alpha value is -1.52. The minimum Gasteiger partial charge on any atom is -0.744 e. The molecule has 0 unspecified atom stereocenters. The third-order valence-electron chi connectivity index (χ3n) is 8.09. The SMILES string of the molecule is CCCCCCCCc1c(S(=O)(=O)[O-])ccc2ccccc12.CCCCCCCCc1c(S(=O)(=O)[O-])ccc2ccccc12.[Ca+2]. The van der Waals surface area contributed by atoms with Crippen molar-refractivity contribution < 1.29 is 25.9 Å². The van der Waals surface area contributed by atoms with E-state index in [1.165, 1.54) is 50.7 Å². The first-order chi connectivity index (χ1) is 21.1. The van der Waals surface area contributed by atoms with Gasteiger partial charge in [-0.2, -0.15) is 0 Å². The average molecular weight is 679 g/mol. The van der Waals surface area contributed by atoms with E-state index in [1.807, 2.05) is 48.5 Å². The topological polar surface area (TPSA) is 114 Å². The molecule has 0 aliphatic carbocycles. The summed E-state index contributed by atoms with van der Waals surface area (Å²) in [4.78, 5) is -0.112. The maximum atomic E-state index is 11.5. The Labute approximate surface area is 300 Å². The van der Waals surface area contributed by atoms with E-state index in [0.717, 1.165) is 60.1 Å². The van der Waals surface area contributed by atoms with Crippen molar-refractivity contribution in [3.05, 3.63) is 83.9 Å². The minimum absolute atomic E-state index is 0. The summed E-state index contributed by atoms with van der Waals surface area (Å²) in [6.07, 6.45) is 14.9. The fourth-order valence-corrected chi connectivity index (χ4v) is 7.28. The molecule has 0 amide bonds. The van der Waals surface area contributed by atoms with E-state index in [2.05, 4.69) is 13.8 Å². The molecule has 0 saturated carbocycles. The normalized spacial score (nSPS) is 11.6. The molecular formula is C36H46CaO6S2. The molecule has 4 rings (SSSR count). The average Bonchev–Trinajstić information content (AvgIpc) is 2.99. The number of aryl methyl sites for hydroxylation is 2. The smallest absolute Gasteiger partial charge is 0.744 e. The zero-order chi connectivity index (χ0) is 32.0. The summed E-state index contributed by atoms with van der Waals surface area (Å²) in [6.45, 7) is 4.36. The Balaban J connectivity index is 0.000000307. The molecule has 4 aromatic carbocycles. The number of hydrogen-bond acceptors (Lipinski definition) is 6. The number of unbranched alkanes of at least 4 members (excludes halogenated alkanes) is 10. The van der Waals surface area contributed by atoms with Crippen LogP contribution in [0.25, 0.3) is 21.5 Å². The van der Waals surface area contributed by atoms with Crippen molar-refractivity contribution >= 4 is 79.5 Å². The van der Waals surface area contributed by atoms with Crippen molar-refractivity contribution in [2.24, 2.45) is 0 Å². The monoisotopic (exact) mass is 678 g/mol. The largest absolute Gasteiger partial charge is 2.00 e. The van der Waals surface area contributed by atoms with Crippen molar-refractivity contribution in [2.75, 3.05) is 0 Å². The van der Waals surface area contributed by atoms with Crippen LogP contribution >= 0.6 is 0 Å². The van der Waals surface area contributed by atoms with Gasteiger partial charge in [0.2, 0.25) is 0 Å². The van der Waals surface area contributed by atoms with E-state index in [1.54, 1.807) is 12.1 Å². The summed E-state index contributed by atoms with van der Waals surface area (Å²) >= 11 is 0. The molecule has 0 fully saturated rings. The van der Waals surface area contributed by atoms with Gasteiger partial charge in [-0.05, 0) is 70.5 Å². The molecule has 0 N–H and O–H groups in total. The molecule has 9 heteroatoms. The minimum atomic E-state index is -4.43. The third kappa shape index (κ3) is 12.5. The Kier molecular flexibility index (Phi) is 17.6. The Bertz CT molecular complexity index is 1570. The van der Waals surface area contributed by atoms with Crippen molar-refractivity contribution in [2.45, 2.75) is 114 Å². The quantitative estimate of drug-likeness (QED) is 0.0664. The van der Waals surface area contributed by atoms with Crippen molar-refractivity contribution in [1.29, 1.82) is 0 Å². The molecule has 0 atom stereocenters. The van der Waals surface area contributed by atoms with Crippen LogP contribution in [-0.2, 0) is 33.1 Å². The van der Waals surface area contributed by atoms with Crippen LogP contribution in [0.4, 0.5) is 0 Å². The van der Waals surface area contributed by atoms with Gasteiger partial charge < -0.3 is 9.11 Å². The van der Waals surface area contributed by atoms with Crippen LogP contribution in [0.5, 0.6) is 0 Å². The molecular weight excluding hydrogens is 633 g/mol. The molecule has 0 aliphatic rings. The molecule has 4 aromatic rings. The Morgan fingerprint density at radius 1 is 0.467 bits per heavy atom. The molecule has 0 saturated heterocycles. The van der Waals surface area contributed by atoms with E-state index in [9.17, 15) is 25.9 Å². The molecule has 0 spiro atoms. The zero-order valence-corrected chi connectivity index (χ0v) is 30.6. The molecule has 0 heterocycles. The zero-order valence-electron chi connectivity index (χ0n) is 26.8. The van der Waals surface area contributed by atoms with E-state index in [-0.39, 0.29) is 47.5 Å². The summed E-state index contributed by atoms with van der Waals surface area (Å²) in [5.74, 6) is 0. The van der Waals surface area contributed by atoms with E-state index in [4.69, 9.17) is 0 Å². The van der Waals surface area contributed by atoms with Gasteiger partial charge >= 0.3 is 37.7 Å². The van der Waals surface area contributed by atoms with Crippen LogP contribution in [0.2, 0.25) is 0 Å². The second kappa shape index (κ2) is 20.0. The van der Waals surface area contributed by atoms with Crippen LogP contribution in [0.1, 0.15) is 102 Å². The van der Waals surface area contributed by atoms with Gasteiger partial charge in [-0.1, -0.05) is 139 Å². The fraction of sp³-hybridized carbons (Fsp3) is 0.444. The second-order valence-corrected chi connectivity index (χ2v) is 14.2. The molecule has 0 aliphatic heterocycles. The van der Waals surface area contributed by atoms with Crippen molar-refractivity contribution in [3.8, 4) is 0 Å². The summed E-state index contributed by atoms with van der Waals surface area (Å²) < 4.78 is 69.1. The number of fused-ring (bicyclic) bond motifs is 2. The maximum Gasteiger partial charge on any atom is 2.00 e. The van der Waals surface area contributed by atoms with Gasteiger partial charge in [0.15, 0.2) is 0 Å². The van der Waals surface area contributed by atoms with Gasteiger partial charge in [-0.25, -0.2) is 16.8 Å². The van der Waals surface area contributed by atoms with Gasteiger partial charge in [0, 0.05) is 0 Å². The predicted octanol–water partition coefficient (Wildman–Crippen LogP) is 8.91.